The number of amides is 1. The fourth-order valence-corrected chi connectivity index (χ4v) is 2.53. The van der Waals surface area contributed by atoms with Crippen LogP contribution in [0.2, 0.25) is 0 Å². The van der Waals surface area contributed by atoms with Crippen molar-refractivity contribution < 1.29 is 19.4 Å². The van der Waals surface area contributed by atoms with Gasteiger partial charge in [0.2, 0.25) is 0 Å². The molecule has 0 heterocycles. The van der Waals surface area contributed by atoms with Gasteiger partial charge >= 0.3 is 5.97 Å². The molecular formula is C15H19NO4. The molecule has 2 atom stereocenters. The Balaban J connectivity index is 1.82. The lowest BCUT2D eigenvalue weighted by atomic mass is 10.0. The zero-order valence-electron chi connectivity index (χ0n) is 11.5. The van der Waals surface area contributed by atoms with E-state index >= 15 is 0 Å². The van der Waals surface area contributed by atoms with Crippen molar-refractivity contribution in [1.29, 1.82) is 0 Å². The van der Waals surface area contributed by atoms with Crippen LogP contribution in [0.5, 0.6) is 5.75 Å². The number of carboxylic acid groups (broad SMARTS) is 1. The number of aliphatic carboxylic acids is 1. The lowest BCUT2D eigenvalue weighted by Gasteiger charge is -2.17. The molecule has 2 N–H and O–H groups in total. The van der Waals surface area contributed by atoms with Crippen LogP contribution >= 0.6 is 0 Å². The van der Waals surface area contributed by atoms with E-state index < -0.39 is 11.9 Å². The number of ether oxygens (including phenoxy) is 1. The molecule has 1 fully saturated rings. The molecular weight excluding hydrogens is 258 g/mol. The van der Waals surface area contributed by atoms with Crippen LogP contribution in [0.1, 0.15) is 24.8 Å². The summed E-state index contributed by atoms with van der Waals surface area (Å²) >= 11 is 0. The Morgan fingerprint density at radius 3 is 2.90 bits per heavy atom. The van der Waals surface area contributed by atoms with Gasteiger partial charge in [0.25, 0.3) is 5.91 Å². The fourth-order valence-electron chi connectivity index (χ4n) is 2.53. The Bertz CT molecular complexity index is 500. The summed E-state index contributed by atoms with van der Waals surface area (Å²) < 4.78 is 5.40. The summed E-state index contributed by atoms with van der Waals surface area (Å²) in [6.07, 6.45) is 2.17. The van der Waals surface area contributed by atoms with Crippen LogP contribution in [-0.2, 0) is 9.59 Å². The van der Waals surface area contributed by atoms with E-state index in [4.69, 9.17) is 9.84 Å². The number of benzene rings is 1. The standard InChI is InChI=1S/C15H19NO4/c1-10-4-2-5-11(8-10)20-9-14(17)16-13-7-3-6-12(13)15(18)19/h2,4-5,8,12-13H,3,6-7,9H2,1H3,(H,16,17)(H,18,19). The molecule has 0 aliphatic heterocycles. The average molecular weight is 277 g/mol. The maximum Gasteiger partial charge on any atom is 0.308 e. The monoisotopic (exact) mass is 277 g/mol. The first-order valence-electron chi connectivity index (χ1n) is 6.78. The maximum absolute atomic E-state index is 11.8. The lowest BCUT2D eigenvalue weighted by molar-refractivity contribution is -0.142. The zero-order valence-corrected chi connectivity index (χ0v) is 11.5. The van der Waals surface area contributed by atoms with E-state index in [-0.39, 0.29) is 18.6 Å². The molecule has 5 nitrogen and oxygen atoms in total. The van der Waals surface area contributed by atoms with Crippen molar-refractivity contribution in [2.45, 2.75) is 32.2 Å². The molecule has 0 radical (unpaired) electrons. The predicted molar refractivity (Wildman–Crippen MR) is 73.6 cm³/mol. The van der Waals surface area contributed by atoms with Crippen LogP contribution in [0.25, 0.3) is 0 Å². The van der Waals surface area contributed by atoms with Crippen molar-refractivity contribution >= 4 is 11.9 Å². The quantitative estimate of drug-likeness (QED) is 0.859. The number of aryl methyl sites for hydroxylation is 1. The van der Waals surface area contributed by atoms with Crippen LogP contribution in [0, 0.1) is 12.8 Å². The average Bonchev–Trinajstić information content (AvgIpc) is 2.85. The molecule has 0 saturated heterocycles. The molecule has 0 spiro atoms. The number of hydrogen-bond donors (Lipinski definition) is 2. The van der Waals surface area contributed by atoms with E-state index in [1.54, 1.807) is 6.07 Å². The Morgan fingerprint density at radius 2 is 2.20 bits per heavy atom. The highest BCUT2D eigenvalue weighted by Gasteiger charge is 2.33. The van der Waals surface area contributed by atoms with E-state index in [2.05, 4.69) is 5.32 Å². The molecule has 5 heteroatoms. The van der Waals surface area contributed by atoms with Gasteiger partial charge in [-0.15, -0.1) is 0 Å². The minimum atomic E-state index is -0.840. The molecule has 1 aromatic carbocycles. The molecule has 1 aliphatic rings. The number of rotatable bonds is 5. The molecule has 1 aliphatic carbocycles. The second-order valence-electron chi connectivity index (χ2n) is 5.15. The molecule has 2 rings (SSSR count). The molecule has 1 saturated carbocycles. The van der Waals surface area contributed by atoms with E-state index in [1.807, 2.05) is 25.1 Å². The number of carbonyl (C=O) groups excluding carboxylic acids is 1. The van der Waals surface area contributed by atoms with Gasteiger partial charge < -0.3 is 15.2 Å². The minimum absolute atomic E-state index is 0.0910. The number of carbonyl (C=O) groups is 2. The van der Waals surface area contributed by atoms with E-state index in [0.717, 1.165) is 12.0 Å². The van der Waals surface area contributed by atoms with Gasteiger partial charge in [0.15, 0.2) is 6.61 Å². The van der Waals surface area contributed by atoms with Gasteiger partial charge in [-0.05, 0) is 37.5 Å². The first-order valence-corrected chi connectivity index (χ1v) is 6.78. The van der Waals surface area contributed by atoms with Crippen LogP contribution in [0.4, 0.5) is 0 Å². The Kier molecular flexibility index (Phi) is 4.61. The Hall–Kier alpha value is -2.04. The van der Waals surface area contributed by atoms with Crippen LogP contribution in [0.3, 0.4) is 0 Å². The highest BCUT2D eigenvalue weighted by Crippen LogP contribution is 2.25. The normalized spacial score (nSPS) is 21.4. The highest BCUT2D eigenvalue weighted by atomic mass is 16.5. The van der Waals surface area contributed by atoms with Gasteiger partial charge in [0.1, 0.15) is 5.75 Å². The van der Waals surface area contributed by atoms with Gasteiger partial charge in [-0.25, -0.2) is 0 Å². The Labute approximate surface area is 117 Å². The number of hydrogen-bond acceptors (Lipinski definition) is 3. The van der Waals surface area contributed by atoms with E-state index in [1.165, 1.54) is 0 Å². The van der Waals surface area contributed by atoms with Crippen LogP contribution in [0.15, 0.2) is 24.3 Å². The first kappa shape index (κ1) is 14.4. The van der Waals surface area contributed by atoms with Crippen molar-refractivity contribution in [2.24, 2.45) is 5.92 Å². The van der Waals surface area contributed by atoms with Crippen LogP contribution in [-0.4, -0.2) is 29.6 Å². The predicted octanol–water partition coefficient (Wildman–Crippen LogP) is 1.74. The van der Waals surface area contributed by atoms with Gasteiger partial charge in [-0.3, -0.25) is 9.59 Å². The summed E-state index contributed by atoms with van der Waals surface area (Å²) in [5.74, 6) is -0.948. The smallest absolute Gasteiger partial charge is 0.308 e. The summed E-state index contributed by atoms with van der Waals surface area (Å²) in [5.41, 5.74) is 1.06. The highest BCUT2D eigenvalue weighted by molar-refractivity contribution is 5.79. The summed E-state index contributed by atoms with van der Waals surface area (Å²) in [4.78, 5) is 22.8. The molecule has 1 aromatic rings. The lowest BCUT2D eigenvalue weighted by Crippen LogP contribution is -2.42. The summed E-state index contributed by atoms with van der Waals surface area (Å²) in [5, 5.41) is 11.8. The molecule has 0 bridgehead atoms. The van der Waals surface area contributed by atoms with Crippen molar-refractivity contribution in [1.82, 2.24) is 5.32 Å². The van der Waals surface area contributed by atoms with Crippen molar-refractivity contribution in [3.63, 3.8) is 0 Å². The van der Waals surface area contributed by atoms with Crippen molar-refractivity contribution in [2.75, 3.05) is 6.61 Å². The SMILES string of the molecule is Cc1cccc(OCC(=O)NC2CCCC2C(=O)O)c1. The zero-order chi connectivity index (χ0) is 14.5. The third kappa shape index (κ3) is 3.73. The minimum Gasteiger partial charge on any atom is -0.484 e. The van der Waals surface area contributed by atoms with Crippen molar-refractivity contribution in [3.05, 3.63) is 29.8 Å². The van der Waals surface area contributed by atoms with Gasteiger partial charge in [0.05, 0.1) is 5.92 Å². The van der Waals surface area contributed by atoms with E-state index in [0.29, 0.717) is 18.6 Å². The largest absolute Gasteiger partial charge is 0.484 e. The summed E-state index contributed by atoms with van der Waals surface area (Å²) in [6.45, 7) is 1.86. The summed E-state index contributed by atoms with van der Waals surface area (Å²) in [7, 11) is 0. The maximum atomic E-state index is 11.8. The van der Waals surface area contributed by atoms with E-state index in [9.17, 15) is 9.59 Å². The molecule has 2 unspecified atom stereocenters. The van der Waals surface area contributed by atoms with Crippen molar-refractivity contribution in [3.8, 4) is 5.75 Å². The topological polar surface area (TPSA) is 75.6 Å². The third-order valence-corrected chi connectivity index (χ3v) is 3.54. The molecule has 0 aromatic heterocycles. The van der Waals surface area contributed by atoms with Gasteiger partial charge in [0, 0.05) is 6.04 Å². The fraction of sp³-hybridized carbons (Fsp3) is 0.467. The number of nitrogens with one attached hydrogen (secondary N) is 1. The summed E-state index contributed by atoms with van der Waals surface area (Å²) in [6, 6.07) is 7.17. The Morgan fingerprint density at radius 1 is 1.40 bits per heavy atom. The molecule has 20 heavy (non-hydrogen) atoms. The van der Waals surface area contributed by atoms with Crippen LogP contribution < -0.4 is 10.1 Å². The van der Waals surface area contributed by atoms with Gasteiger partial charge in [-0.1, -0.05) is 18.6 Å². The van der Waals surface area contributed by atoms with Gasteiger partial charge in [-0.2, -0.15) is 0 Å². The second-order valence-corrected chi connectivity index (χ2v) is 5.15. The molecule has 108 valence electrons. The second kappa shape index (κ2) is 6.41. The first-order chi connectivity index (χ1) is 9.56. The number of carboxylic acids is 1. The molecule has 1 amide bonds. The third-order valence-electron chi connectivity index (χ3n) is 3.54.